The first-order valence-corrected chi connectivity index (χ1v) is 6.25. The van der Waals surface area contributed by atoms with Crippen molar-refractivity contribution in [3.63, 3.8) is 0 Å². The lowest BCUT2D eigenvalue weighted by Crippen LogP contribution is -2.60. The largest absolute Gasteiger partial charge is 0.394 e. The Labute approximate surface area is 119 Å². The highest BCUT2D eigenvalue weighted by atomic mass is 16.7. The van der Waals surface area contributed by atoms with Crippen LogP contribution in [0.25, 0.3) is 0 Å². The molecule has 0 bridgehead atoms. The van der Waals surface area contributed by atoms with E-state index in [9.17, 15) is 30.3 Å². The number of ether oxygens (including phenoxy) is 2. The number of aldehydes is 1. The van der Waals surface area contributed by atoms with E-state index in [0.29, 0.717) is 0 Å². The lowest BCUT2D eigenvalue weighted by atomic mass is 9.99. The van der Waals surface area contributed by atoms with E-state index in [-0.39, 0.29) is 6.29 Å². The molecule has 0 aromatic heterocycles. The third-order valence-corrected chi connectivity index (χ3v) is 3.21. The van der Waals surface area contributed by atoms with Crippen LogP contribution in [0.2, 0.25) is 0 Å². The minimum atomic E-state index is -1.83. The summed E-state index contributed by atoms with van der Waals surface area (Å²) in [5.41, 5.74) is 0. The fourth-order valence-corrected chi connectivity index (χ4v) is 1.88. The first-order chi connectivity index (χ1) is 9.87. The molecule has 0 saturated carbocycles. The van der Waals surface area contributed by atoms with Crippen molar-refractivity contribution in [1.82, 2.24) is 0 Å². The summed E-state index contributed by atoms with van der Waals surface area (Å²) in [5, 5.41) is 65.6. The summed E-state index contributed by atoms with van der Waals surface area (Å²) in [4.78, 5) is 10.4. The average molecular weight is 312 g/mol. The van der Waals surface area contributed by atoms with Gasteiger partial charge in [-0.25, -0.2) is 0 Å². The average Bonchev–Trinajstić information content (AvgIpc) is 2.50. The zero-order valence-electron chi connectivity index (χ0n) is 11.0. The van der Waals surface area contributed by atoms with Gasteiger partial charge in [0.15, 0.2) is 12.6 Å². The molecule has 21 heavy (non-hydrogen) atoms. The first kappa shape index (κ1) is 18.4. The van der Waals surface area contributed by atoms with Crippen LogP contribution in [0.1, 0.15) is 0 Å². The molecular weight excluding hydrogens is 292 g/mol. The summed E-state index contributed by atoms with van der Waals surface area (Å²) in [7, 11) is 0. The lowest BCUT2D eigenvalue weighted by Gasteiger charge is -2.41. The van der Waals surface area contributed by atoms with Gasteiger partial charge >= 0.3 is 0 Å². The molecule has 1 unspecified atom stereocenters. The second-order valence-corrected chi connectivity index (χ2v) is 4.67. The topological polar surface area (TPSA) is 177 Å². The lowest BCUT2D eigenvalue weighted by molar-refractivity contribution is -0.320. The third-order valence-electron chi connectivity index (χ3n) is 3.21. The molecule has 0 amide bonds. The van der Waals surface area contributed by atoms with Gasteiger partial charge in [-0.05, 0) is 0 Å². The minimum absolute atomic E-state index is 0.0317. The summed E-state index contributed by atoms with van der Waals surface area (Å²) in [5.74, 6) is 0. The van der Waals surface area contributed by atoms with E-state index < -0.39 is 62.2 Å². The Morgan fingerprint density at radius 3 is 2.19 bits per heavy atom. The van der Waals surface area contributed by atoms with E-state index >= 15 is 0 Å². The van der Waals surface area contributed by atoms with Crippen molar-refractivity contribution < 1.29 is 50.0 Å². The summed E-state index contributed by atoms with van der Waals surface area (Å²) < 4.78 is 10.0. The molecule has 1 rings (SSSR count). The van der Waals surface area contributed by atoms with E-state index in [2.05, 4.69) is 0 Å². The SMILES string of the molecule is O=C[C@H](O)[C@@H](O)[C@@H](CO)OC1O[C@H](CO)[C@H](O)[C@H](O)[C@H]1O. The summed E-state index contributed by atoms with van der Waals surface area (Å²) in [6, 6.07) is 0. The van der Waals surface area contributed by atoms with Crippen LogP contribution in [0, 0.1) is 0 Å². The minimum Gasteiger partial charge on any atom is -0.394 e. The summed E-state index contributed by atoms with van der Waals surface area (Å²) in [6.45, 7) is -1.49. The Hall–Kier alpha value is -0.690. The predicted octanol–water partition coefficient (Wildman–Crippen LogP) is -4.92. The molecule has 1 saturated heterocycles. The molecule has 0 spiro atoms. The molecule has 8 atom stereocenters. The van der Waals surface area contributed by atoms with E-state index in [1.807, 2.05) is 0 Å². The number of carbonyl (C=O) groups is 1. The van der Waals surface area contributed by atoms with Gasteiger partial charge in [-0.15, -0.1) is 0 Å². The van der Waals surface area contributed by atoms with Crippen LogP contribution < -0.4 is 0 Å². The maximum atomic E-state index is 10.4. The fraction of sp³-hybridized carbons (Fsp3) is 0.909. The Kier molecular flexibility index (Phi) is 7.06. The van der Waals surface area contributed by atoms with E-state index in [4.69, 9.17) is 19.7 Å². The monoisotopic (exact) mass is 312 g/mol. The van der Waals surface area contributed by atoms with Crippen molar-refractivity contribution in [3.8, 4) is 0 Å². The molecule has 1 fully saturated rings. The van der Waals surface area contributed by atoms with Gasteiger partial charge in [0.2, 0.25) is 0 Å². The number of aliphatic hydroxyl groups is 7. The third kappa shape index (κ3) is 4.16. The van der Waals surface area contributed by atoms with Gasteiger partial charge < -0.3 is 50.0 Å². The number of aliphatic hydroxyl groups excluding tert-OH is 7. The van der Waals surface area contributed by atoms with Crippen molar-refractivity contribution in [1.29, 1.82) is 0 Å². The molecule has 0 aromatic carbocycles. The number of hydrogen-bond acceptors (Lipinski definition) is 10. The van der Waals surface area contributed by atoms with Crippen LogP contribution >= 0.6 is 0 Å². The maximum absolute atomic E-state index is 10.4. The molecule has 10 heteroatoms. The van der Waals surface area contributed by atoms with Gasteiger partial charge in [-0.1, -0.05) is 0 Å². The van der Waals surface area contributed by atoms with Crippen LogP contribution in [-0.4, -0.2) is 104 Å². The second-order valence-electron chi connectivity index (χ2n) is 4.67. The summed E-state index contributed by atoms with van der Waals surface area (Å²) in [6.07, 6.45) is -12.9. The predicted molar refractivity (Wildman–Crippen MR) is 63.8 cm³/mol. The molecule has 7 N–H and O–H groups in total. The zero-order valence-corrected chi connectivity index (χ0v) is 11.0. The molecule has 10 nitrogen and oxygen atoms in total. The van der Waals surface area contributed by atoms with E-state index in [1.54, 1.807) is 0 Å². The normalized spacial score (nSPS) is 37.8. The summed E-state index contributed by atoms with van der Waals surface area (Å²) >= 11 is 0. The zero-order chi connectivity index (χ0) is 16.2. The van der Waals surface area contributed by atoms with Gasteiger partial charge in [0, 0.05) is 0 Å². The van der Waals surface area contributed by atoms with Gasteiger partial charge in [0.25, 0.3) is 0 Å². The highest BCUT2D eigenvalue weighted by Crippen LogP contribution is 2.23. The highest BCUT2D eigenvalue weighted by molar-refractivity contribution is 5.56. The van der Waals surface area contributed by atoms with Crippen molar-refractivity contribution in [3.05, 3.63) is 0 Å². The Bertz CT molecular complexity index is 324. The molecule has 1 aliphatic heterocycles. The van der Waals surface area contributed by atoms with Crippen LogP contribution in [0.4, 0.5) is 0 Å². The van der Waals surface area contributed by atoms with Gasteiger partial charge in [-0.2, -0.15) is 0 Å². The number of carbonyl (C=O) groups excluding carboxylic acids is 1. The first-order valence-electron chi connectivity index (χ1n) is 6.25. The van der Waals surface area contributed by atoms with Crippen molar-refractivity contribution in [2.24, 2.45) is 0 Å². The van der Waals surface area contributed by atoms with E-state index in [1.165, 1.54) is 0 Å². The molecular formula is C11H20O10. The molecule has 0 aromatic rings. The van der Waals surface area contributed by atoms with Crippen LogP contribution in [0.3, 0.4) is 0 Å². The maximum Gasteiger partial charge on any atom is 0.187 e. The van der Waals surface area contributed by atoms with Crippen LogP contribution in [0.5, 0.6) is 0 Å². The van der Waals surface area contributed by atoms with Crippen molar-refractivity contribution in [2.75, 3.05) is 13.2 Å². The molecule has 0 aliphatic carbocycles. The Balaban J connectivity index is 2.76. The van der Waals surface area contributed by atoms with Crippen molar-refractivity contribution >= 4 is 6.29 Å². The molecule has 124 valence electrons. The Morgan fingerprint density at radius 1 is 1.10 bits per heavy atom. The molecule has 1 aliphatic rings. The van der Waals surface area contributed by atoms with Crippen LogP contribution in [0.15, 0.2) is 0 Å². The standard InChI is InChI=1S/C11H20O10/c12-1-4(15)7(16)5(2-13)20-11-10(19)9(18)8(17)6(3-14)21-11/h1,4-11,13-19H,2-3H2/t4-,5+,6+,7+,8-,9-,10+,11?/m0/s1. The van der Waals surface area contributed by atoms with Crippen LogP contribution in [-0.2, 0) is 14.3 Å². The van der Waals surface area contributed by atoms with Gasteiger partial charge in [0.05, 0.1) is 13.2 Å². The Morgan fingerprint density at radius 2 is 1.71 bits per heavy atom. The fourth-order valence-electron chi connectivity index (χ4n) is 1.88. The second kappa shape index (κ2) is 8.08. The highest BCUT2D eigenvalue weighted by Gasteiger charge is 2.45. The van der Waals surface area contributed by atoms with Crippen molar-refractivity contribution in [2.45, 2.75) is 49.0 Å². The smallest absolute Gasteiger partial charge is 0.187 e. The molecule has 1 heterocycles. The van der Waals surface area contributed by atoms with E-state index in [0.717, 1.165) is 0 Å². The number of rotatable bonds is 7. The van der Waals surface area contributed by atoms with Gasteiger partial charge in [0.1, 0.15) is 42.7 Å². The number of hydrogen-bond donors (Lipinski definition) is 7. The molecule has 0 radical (unpaired) electrons. The van der Waals surface area contributed by atoms with Gasteiger partial charge in [-0.3, -0.25) is 0 Å². The quantitative estimate of drug-likeness (QED) is 0.225.